The highest BCUT2D eigenvalue weighted by Crippen LogP contribution is 2.53. The van der Waals surface area contributed by atoms with E-state index in [1.54, 1.807) is 6.92 Å². The summed E-state index contributed by atoms with van der Waals surface area (Å²) in [5.74, 6) is -0.631. The Kier molecular flexibility index (Phi) is 2.91. The van der Waals surface area contributed by atoms with Gasteiger partial charge in [0, 0.05) is 11.8 Å². The Hall–Kier alpha value is -1.13. The van der Waals surface area contributed by atoms with E-state index in [0.29, 0.717) is 18.6 Å². The molecule has 2 rings (SSSR count). The predicted molar refractivity (Wildman–Crippen MR) is 65.0 cm³/mol. The van der Waals surface area contributed by atoms with Crippen molar-refractivity contribution in [1.29, 1.82) is 0 Å². The highest BCUT2D eigenvalue weighted by molar-refractivity contribution is 6.04. The first kappa shape index (κ1) is 13.3. The largest absolute Gasteiger partial charge is 0.463 e. The molecule has 0 amide bonds. The molecule has 1 aliphatic heterocycles. The van der Waals surface area contributed by atoms with Crippen molar-refractivity contribution < 1.29 is 18.8 Å². The molecule has 1 saturated carbocycles. The standard InChI is InChI=1S/C13H20FNO3/c1-5-17-10(16)13-8-6-7-12(13,14)9(15-18-13)11(2,3)4/h5-8H2,1-4H3. The number of fused-ring (bicyclic) bond motifs is 1. The van der Waals surface area contributed by atoms with Crippen LogP contribution in [-0.4, -0.2) is 29.6 Å². The molecule has 0 aromatic heterocycles. The maximum atomic E-state index is 15.3. The van der Waals surface area contributed by atoms with Crippen LogP contribution < -0.4 is 0 Å². The van der Waals surface area contributed by atoms with Gasteiger partial charge in [-0.2, -0.15) is 0 Å². The molecular weight excluding hydrogens is 237 g/mol. The van der Waals surface area contributed by atoms with Crippen molar-refractivity contribution in [2.45, 2.75) is 58.2 Å². The zero-order valence-electron chi connectivity index (χ0n) is 11.4. The SMILES string of the molecule is CCOC(=O)C12CCCC1(F)C(C(C)(C)C)=NO2. The Morgan fingerprint density at radius 3 is 2.72 bits per heavy atom. The molecule has 2 aliphatic rings. The van der Waals surface area contributed by atoms with Gasteiger partial charge in [-0.1, -0.05) is 25.9 Å². The van der Waals surface area contributed by atoms with Gasteiger partial charge in [-0.15, -0.1) is 0 Å². The van der Waals surface area contributed by atoms with Gasteiger partial charge >= 0.3 is 5.97 Å². The number of nitrogens with zero attached hydrogens (tertiary/aromatic N) is 1. The summed E-state index contributed by atoms with van der Waals surface area (Å²) in [5.41, 5.74) is -3.52. The quantitative estimate of drug-likeness (QED) is 0.714. The minimum Gasteiger partial charge on any atom is -0.463 e. The highest BCUT2D eigenvalue weighted by Gasteiger charge is 2.72. The number of ether oxygens (including phenoxy) is 1. The van der Waals surface area contributed by atoms with Gasteiger partial charge < -0.3 is 9.57 Å². The second-order valence-corrected chi connectivity index (χ2v) is 5.98. The van der Waals surface area contributed by atoms with E-state index in [1.165, 1.54) is 0 Å². The van der Waals surface area contributed by atoms with E-state index >= 15 is 4.39 Å². The van der Waals surface area contributed by atoms with Crippen LogP contribution in [0.25, 0.3) is 0 Å². The lowest BCUT2D eigenvalue weighted by Crippen LogP contribution is -2.57. The summed E-state index contributed by atoms with van der Waals surface area (Å²) in [4.78, 5) is 17.3. The van der Waals surface area contributed by atoms with Crippen molar-refractivity contribution in [3.8, 4) is 0 Å². The second kappa shape index (κ2) is 3.93. The van der Waals surface area contributed by atoms with Crippen LogP contribution in [0.4, 0.5) is 4.39 Å². The number of carbonyl (C=O) groups excluding carboxylic acids is 1. The van der Waals surface area contributed by atoms with Crippen LogP contribution in [0.1, 0.15) is 47.0 Å². The molecule has 0 spiro atoms. The topological polar surface area (TPSA) is 47.9 Å². The third-order valence-corrected chi connectivity index (χ3v) is 3.67. The first-order valence-corrected chi connectivity index (χ1v) is 6.41. The average molecular weight is 257 g/mol. The maximum absolute atomic E-state index is 15.3. The monoisotopic (exact) mass is 257 g/mol. The van der Waals surface area contributed by atoms with Gasteiger partial charge in [-0.05, 0) is 19.8 Å². The molecule has 0 radical (unpaired) electrons. The number of halogens is 1. The third-order valence-electron chi connectivity index (χ3n) is 3.67. The van der Waals surface area contributed by atoms with Gasteiger partial charge in [0.05, 0.1) is 6.61 Å². The normalized spacial score (nSPS) is 34.8. The number of carbonyl (C=O) groups is 1. The van der Waals surface area contributed by atoms with Gasteiger partial charge in [0.15, 0.2) is 0 Å². The Bertz CT molecular complexity index is 402. The zero-order chi connectivity index (χ0) is 13.6. The molecule has 0 N–H and O–H groups in total. The van der Waals surface area contributed by atoms with Gasteiger partial charge in [0.1, 0.15) is 5.71 Å². The van der Waals surface area contributed by atoms with E-state index in [1.807, 2.05) is 20.8 Å². The van der Waals surface area contributed by atoms with Crippen molar-refractivity contribution in [1.82, 2.24) is 0 Å². The second-order valence-electron chi connectivity index (χ2n) is 5.98. The van der Waals surface area contributed by atoms with Crippen LogP contribution in [0.5, 0.6) is 0 Å². The van der Waals surface area contributed by atoms with Crippen molar-refractivity contribution in [3.05, 3.63) is 0 Å². The highest BCUT2D eigenvalue weighted by atomic mass is 19.1. The maximum Gasteiger partial charge on any atom is 0.357 e. The van der Waals surface area contributed by atoms with E-state index in [9.17, 15) is 4.79 Å². The van der Waals surface area contributed by atoms with E-state index < -0.39 is 22.7 Å². The van der Waals surface area contributed by atoms with Crippen molar-refractivity contribution >= 4 is 11.7 Å². The number of hydrogen-bond donors (Lipinski definition) is 0. The lowest BCUT2D eigenvalue weighted by atomic mass is 9.74. The minimum absolute atomic E-state index is 0.213. The van der Waals surface area contributed by atoms with Crippen LogP contribution >= 0.6 is 0 Å². The van der Waals surface area contributed by atoms with Crippen LogP contribution in [0, 0.1) is 5.41 Å². The molecule has 0 aromatic rings. The van der Waals surface area contributed by atoms with Gasteiger partial charge in [-0.3, -0.25) is 0 Å². The molecule has 1 aliphatic carbocycles. The third kappa shape index (κ3) is 1.56. The Morgan fingerprint density at radius 1 is 1.50 bits per heavy atom. The molecule has 0 saturated heterocycles. The van der Waals surface area contributed by atoms with E-state index in [2.05, 4.69) is 5.16 Å². The lowest BCUT2D eigenvalue weighted by Gasteiger charge is -2.33. The Labute approximate surface area is 107 Å². The fraction of sp³-hybridized carbons (Fsp3) is 0.846. The van der Waals surface area contributed by atoms with Crippen LogP contribution in [0.15, 0.2) is 5.16 Å². The Morgan fingerprint density at radius 2 is 2.17 bits per heavy atom. The summed E-state index contributed by atoms with van der Waals surface area (Å²) in [6.07, 6.45) is 1.19. The first-order chi connectivity index (χ1) is 8.28. The number of oxime groups is 1. The summed E-state index contributed by atoms with van der Waals surface area (Å²) in [7, 11) is 0. The van der Waals surface area contributed by atoms with Gasteiger partial charge in [0.25, 0.3) is 5.60 Å². The molecule has 102 valence electrons. The molecule has 18 heavy (non-hydrogen) atoms. The predicted octanol–water partition coefficient (Wildman–Crippen LogP) is 2.61. The smallest absolute Gasteiger partial charge is 0.357 e. The van der Waals surface area contributed by atoms with E-state index in [-0.39, 0.29) is 13.0 Å². The Balaban J connectivity index is 2.39. The molecule has 4 nitrogen and oxygen atoms in total. The molecule has 1 heterocycles. The fourth-order valence-corrected chi connectivity index (χ4v) is 2.88. The summed E-state index contributed by atoms with van der Waals surface area (Å²) in [6.45, 7) is 7.52. The zero-order valence-corrected chi connectivity index (χ0v) is 11.4. The molecular formula is C13H20FNO3. The van der Waals surface area contributed by atoms with Gasteiger partial charge in [0.2, 0.25) is 5.67 Å². The van der Waals surface area contributed by atoms with Crippen molar-refractivity contribution in [2.24, 2.45) is 10.6 Å². The average Bonchev–Trinajstić information content (AvgIpc) is 2.68. The number of esters is 1. The van der Waals surface area contributed by atoms with Crippen LogP contribution in [0.3, 0.4) is 0 Å². The number of hydrogen-bond acceptors (Lipinski definition) is 4. The molecule has 2 atom stereocenters. The molecule has 1 fully saturated rings. The minimum atomic E-state index is -1.82. The number of rotatable bonds is 2. The van der Waals surface area contributed by atoms with Crippen molar-refractivity contribution in [3.63, 3.8) is 0 Å². The molecule has 2 unspecified atom stereocenters. The summed E-state index contributed by atoms with van der Waals surface area (Å²) < 4.78 is 20.3. The summed E-state index contributed by atoms with van der Waals surface area (Å²) in [5, 5.41) is 3.88. The fourth-order valence-electron chi connectivity index (χ4n) is 2.88. The number of alkyl halides is 1. The van der Waals surface area contributed by atoms with Crippen LogP contribution in [0.2, 0.25) is 0 Å². The summed E-state index contributed by atoms with van der Waals surface area (Å²) in [6, 6.07) is 0. The van der Waals surface area contributed by atoms with E-state index in [4.69, 9.17) is 9.57 Å². The van der Waals surface area contributed by atoms with Gasteiger partial charge in [-0.25, -0.2) is 9.18 Å². The first-order valence-electron chi connectivity index (χ1n) is 6.41. The molecule has 5 heteroatoms. The van der Waals surface area contributed by atoms with Crippen LogP contribution in [-0.2, 0) is 14.4 Å². The lowest BCUT2D eigenvalue weighted by molar-refractivity contribution is -0.178. The molecule has 0 aromatic carbocycles. The summed E-state index contributed by atoms with van der Waals surface area (Å²) >= 11 is 0. The molecule has 0 bridgehead atoms. The van der Waals surface area contributed by atoms with Crippen molar-refractivity contribution in [2.75, 3.05) is 6.61 Å². The van der Waals surface area contributed by atoms with E-state index in [0.717, 1.165) is 0 Å².